The van der Waals surface area contributed by atoms with Crippen molar-refractivity contribution in [3.63, 3.8) is 0 Å². The highest BCUT2D eigenvalue weighted by atomic mass is 32.1. The number of hydrogen-bond acceptors (Lipinski definition) is 1. The van der Waals surface area contributed by atoms with Crippen LogP contribution in [0.4, 0.5) is 0 Å². The molecule has 15 aromatic rings. The van der Waals surface area contributed by atoms with Crippen LogP contribution >= 0.6 is 11.3 Å². The van der Waals surface area contributed by atoms with Crippen LogP contribution in [-0.4, -0.2) is 18.3 Å². The maximum Gasteiger partial charge on any atom is 0.0782 e. The third-order valence-electron chi connectivity index (χ3n) is 13.9. The summed E-state index contributed by atoms with van der Waals surface area (Å²) in [5.41, 5.74) is 14.3. The molecule has 0 saturated heterocycles. The van der Waals surface area contributed by atoms with E-state index in [9.17, 15) is 0 Å². The van der Waals surface area contributed by atoms with Crippen LogP contribution in [0.3, 0.4) is 0 Å². The lowest BCUT2D eigenvalue weighted by molar-refractivity contribution is 1.13. The summed E-state index contributed by atoms with van der Waals surface area (Å²) in [6.45, 7) is 0. The lowest BCUT2D eigenvalue weighted by atomic mass is 10.1. The Hall–Kier alpha value is -8.38. The first-order valence-corrected chi connectivity index (χ1v) is 23.1. The van der Waals surface area contributed by atoms with E-state index < -0.39 is 0 Å². The Balaban J connectivity index is 0.952. The number of nitrogens with zero attached hydrogens (tertiary/aromatic N) is 4. The van der Waals surface area contributed by atoms with Gasteiger partial charge in [-0.15, -0.1) is 11.3 Å². The number of thiophene rings is 1. The van der Waals surface area contributed by atoms with Gasteiger partial charge in [0.25, 0.3) is 0 Å². The van der Waals surface area contributed by atoms with Gasteiger partial charge in [-0.25, -0.2) is 0 Å². The molecule has 0 N–H and O–H groups in total. The van der Waals surface area contributed by atoms with Crippen LogP contribution in [-0.2, 0) is 0 Å². The first-order valence-electron chi connectivity index (χ1n) is 22.3. The number of aromatic nitrogens is 4. The summed E-state index contributed by atoms with van der Waals surface area (Å²) < 4.78 is 12.4. The SMILES string of the molecule is c1cc(-n2c3ccccc3c3cc(-n4c5ccccc5c5ccccc54)ccc32)c2c(c1)sc1cc(-n3c4ccccc4c4cccc(-n5c6ccccc6c6ccccc65)c43)ccc12. The van der Waals surface area contributed by atoms with Crippen molar-refractivity contribution >= 4 is 119 Å². The van der Waals surface area contributed by atoms with Gasteiger partial charge in [0.05, 0.1) is 55.5 Å². The van der Waals surface area contributed by atoms with Gasteiger partial charge in [0.15, 0.2) is 0 Å². The molecule has 0 saturated carbocycles. The lowest BCUT2D eigenvalue weighted by Gasteiger charge is -2.14. The standard InChI is InChI=1S/C60H36N4S/c1-7-22-48-39(15-1)40-16-2-8-23-49(40)61(48)37-32-34-54-47(35-37)44-20-6-12-27-53(44)63(54)55-28-14-30-57-59(55)46-33-31-38(36-58(46)65-57)62-50-24-9-5-19-43(50)45-21-13-29-56(60(45)62)64-51-25-10-3-17-41(51)42-18-4-11-26-52(42)64/h1-36H. The van der Waals surface area contributed by atoms with Crippen molar-refractivity contribution in [3.8, 4) is 22.7 Å². The maximum atomic E-state index is 2.50. The molecule has 5 heterocycles. The smallest absolute Gasteiger partial charge is 0.0782 e. The van der Waals surface area contributed by atoms with Gasteiger partial charge in [0.2, 0.25) is 0 Å². The minimum atomic E-state index is 1.15. The zero-order chi connectivity index (χ0) is 42.3. The van der Waals surface area contributed by atoms with Crippen LogP contribution in [0.2, 0.25) is 0 Å². The van der Waals surface area contributed by atoms with Crippen LogP contribution < -0.4 is 0 Å². The van der Waals surface area contributed by atoms with Gasteiger partial charge >= 0.3 is 0 Å². The summed E-state index contributed by atoms with van der Waals surface area (Å²) in [4.78, 5) is 0. The predicted octanol–water partition coefficient (Wildman–Crippen LogP) is 16.4. The molecule has 0 aliphatic carbocycles. The van der Waals surface area contributed by atoms with Crippen molar-refractivity contribution < 1.29 is 0 Å². The van der Waals surface area contributed by atoms with Crippen molar-refractivity contribution in [2.75, 3.05) is 0 Å². The van der Waals surface area contributed by atoms with Crippen molar-refractivity contribution in [2.24, 2.45) is 0 Å². The van der Waals surface area contributed by atoms with Crippen LogP contribution in [0.25, 0.3) is 130 Å². The minimum absolute atomic E-state index is 1.15. The molecule has 0 radical (unpaired) electrons. The summed E-state index contributed by atoms with van der Waals surface area (Å²) in [6, 6.07) is 80.6. The molecular weight excluding hydrogens is 809 g/mol. The molecule has 0 aliphatic heterocycles. The fraction of sp³-hybridized carbons (Fsp3) is 0. The summed E-state index contributed by atoms with van der Waals surface area (Å²) >= 11 is 1.88. The number of rotatable bonds is 4. The van der Waals surface area contributed by atoms with Crippen molar-refractivity contribution in [2.45, 2.75) is 0 Å². The van der Waals surface area contributed by atoms with Gasteiger partial charge in [-0.3, -0.25) is 0 Å². The Morgan fingerprint density at radius 2 is 0.662 bits per heavy atom. The molecule has 0 aliphatic rings. The monoisotopic (exact) mass is 844 g/mol. The Labute approximate surface area is 376 Å². The molecule has 0 amide bonds. The lowest BCUT2D eigenvalue weighted by Crippen LogP contribution is -2.00. The number of fused-ring (bicyclic) bond motifs is 15. The topological polar surface area (TPSA) is 19.7 Å². The predicted molar refractivity (Wildman–Crippen MR) is 277 cm³/mol. The average Bonchev–Trinajstić information content (AvgIpc) is 4.16. The number of hydrogen-bond donors (Lipinski definition) is 0. The fourth-order valence-electron chi connectivity index (χ4n) is 11.3. The fourth-order valence-corrected chi connectivity index (χ4v) is 12.5. The molecule has 5 aromatic heterocycles. The summed E-state index contributed by atoms with van der Waals surface area (Å²) in [5.74, 6) is 0. The highest BCUT2D eigenvalue weighted by Crippen LogP contribution is 2.45. The van der Waals surface area contributed by atoms with Gasteiger partial charge in [0, 0.05) is 74.6 Å². The zero-order valence-corrected chi connectivity index (χ0v) is 35.8. The van der Waals surface area contributed by atoms with E-state index in [1.54, 1.807) is 0 Å². The van der Waals surface area contributed by atoms with Gasteiger partial charge in [-0.1, -0.05) is 133 Å². The number of para-hydroxylation sites is 7. The van der Waals surface area contributed by atoms with Crippen molar-refractivity contribution in [3.05, 3.63) is 218 Å². The molecule has 15 rings (SSSR count). The van der Waals surface area contributed by atoms with Crippen LogP contribution in [0.1, 0.15) is 0 Å². The van der Waals surface area contributed by atoms with E-state index in [0.717, 1.165) is 11.4 Å². The second-order valence-electron chi connectivity index (χ2n) is 17.3. The largest absolute Gasteiger partial charge is 0.309 e. The van der Waals surface area contributed by atoms with E-state index in [1.165, 1.54) is 119 Å². The Bertz CT molecular complexity index is 4380. The molecule has 0 bridgehead atoms. The van der Waals surface area contributed by atoms with Crippen LogP contribution in [0, 0.1) is 0 Å². The van der Waals surface area contributed by atoms with Gasteiger partial charge < -0.3 is 18.3 Å². The third-order valence-corrected chi connectivity index (χ3v) is 15.1. The molecule has 302 valence electrons. The van der Waals surface area contributed by atoms with E-state index in [2.05, 4.69) is 237 Å². The summed E-state index contributed by atoms with van der Waals surface area (Å²) in [7, 11) is 0. The second-order valence-corrected chi connectivity index (χ2v) is 18.3. The van der Waals surface area contributed by atoms with E-state index in [1.807, 2.05) is 11.3 Å². The molecule has 10 aromatic carbocycles. The third kappa shape index (κ3) is 4.74. The quantitative estimate of drug-likeness (QED) is 0.168. The minimum Gasteiger partial charge on any atom is -0.309 e. The zero-order valence-electron chi connectivity index (χ0n) is 35.0. The van der Waals surface area contributed by atoms with Crippen LogP contribution in [0.5, 0.6) is 0 Å². The van der Waals surface area contributed by atoms with Gasteiger partial charge in [0.1, 0.15) is 0 Å². The molecule has 0 spiro atoms. The Morgan fingerprint density at radius 1 is 0.246 bits per heavy atom. The molecule has 0 unspecified atom stereocenters. The van der Waals surface area contributed by atoms with Crippen molar-refractivity contribution in [1.82, 2.24) is 18.3 Å². The summed E-state index contributed by atoms with van der Waals surface area (Å²) in [5, 5.41) is 12.6. The molecule has 0 atom stereocenters. The maximum absolute atomic E-state index is 2.50. The second kappa shape index (κ2) is 13.1. The molecule has 0 fully saturated rings. The average molecular weight is 845 g/mol. The molecule has 5 heteroatoms. The Kier molecular flexibility index (Phi) is 7.07. The Morgan fingerprint density at radius 3 is 1.26 bits per heavy atom. The van der Waals surface area contributed by atoms with E-state index in [4.69, 9.17) is 0 Å². The van der Waals surface area contributed by atoms with Crippen molar-refractivity contribution in [1.29, 1.82) is 0 Å². The summed E-state index contributed by atoms with van der Waals surface area (Å²) in [6.07, 6.45) is 0. The van der Waals surface area contributed by atoms with E-state index >= 15 is 0 Å². The van der Waals surface area contributed by atoms with Gasteiger partial charge in [-0.05, 0) is 84.9 Å². The first-order chi connectivity index (χ1) is 32.3. The first kappa shape index (κ1) is 35.1. The highest BCUT2D eigenvalue weighted by Gasteiger charge is 2.22. The van der Waals surface area contributed by atoms with Gasteiger partial charge in [-0.2, -0.15) is 0 Å². The van der Waals surface area contributed by atoms with E-state index in [0.29, 0.717) is 0 Å². The normalized spacial score (nSPS) is 12.3. The molecule has 4 nitrogen and oxygen atoms in total. The molecular formula is C60H36N4S. The van der Waals surface area contributed by atoms with Crippen LogP contribution in [0.15, 0.2) is 218 Å². The highest BCUT2D eigenvalue weighted by molar-refractivity contribution is 7.26. The number of benzene rings is 10. The van der Waals surface area contributed by atoms with E-state index in [-0.39, 0.29) is 0 Å². The molecule has 65 heavy (non-hydrogen) atoms.